The monoisotopic (exact) mass is 432 g/mol. The standard InChI is InChI=1S/C18H14Cl2N6O3/c19-11-7-12(20)15(14(8-11)29-5-4-25-3-1-2-22-25)16-13-6-10(17(27)28)9-26(13)24-18(21)23-16/h1-3,6-9H,4-5H2,(H2,21,24)(H,27,28). The van der Waals surface area contributed by atoms with Gasteiger partial charge in [-0.2, -0.15) is 5.10 Å². The number of halogens is 2. The van der Waals surface area contributed by atoms with Crippen LogP contribution >= 0.6 is 23.2 Å². The molecule has 3 heterocycles. The van der Waals surface area contributed by atoms with E-state index in [1.54, 1.807) is 23.0 Å². The van der Waals surface area contributed by atoms with E-state index in [0.29, 0.717) is 40.7 Å². The number of nitrogen functional groups attached to an aromatic ring is 1. The minimum Gasteiger partial charge on any atom is -0.491 e. The maximum Gasteiger partial charge on any atom is 0.337 e. The Labute approximate surface area is 174 Å². The molecule has 0 radical (unpaired) electrons. The van der Waals surface area contributed by atoms with Crippen LogP contribution in [0.2, 0.25) is 10.0 Å². The number of hydrogen-bond acceptors (Lipinski definition) is 6. The molecule has 4 rings (SSSR count). The van der Waals surface area contributed by atoms with E-state index >= 15 is 0 Å². The zero-order valence-electron chi connectivity index (χ0n) is 14.8. The van der Waals surface area contributed by atoms with E-state index in [2.05, 4.69) is 15.2 Å². The molecular weight excluding hydrogens is 419 g/mol. The lowest BCUT2D eigenvalue weighted by atomic mass is 10.1. The van der Waals surface area contributed by atoms with Gasteiger partial charge < -0.3 is 15.6 Å². The summed E-state index contributed by atoms with van der Waals surface area (Å²) in [6, 6.07) is 6.42. The molecule has 29 heavy (non-hydrogen) atoms. The first-order chi connectivity index (χ1) is 13.9. The molecule has 0 saturated carbocycles. The normalized spacial score (nSPS) is 11.1. The van der Waals surface area contributed by atoms with Crippen molar-refractivity contribution in [1.82, 2.24) is 24.4 Å². The molecular formula is C18H14Cl2N6O3. The van der Waals surface area contributed by atoms with Gasteiger partial charge in [-0.3, -0.25) is 4.68 Å². The number of ether oxygens (including phenoxy) is 1. The van der Waals surface area contributed by atoms with E-state index in [-0.39, 0.29) is 16.5 Å². The van der Waals surface area contributed by atoms with Crippen LogP contribution in [0.1, 0.15) is 10.4 Å². The van der Waals surface area contributed by atoms with Gasteiger partial charge in [0, 0.05) is 23.6 Å². The van der Waals surface area contributed by atoms with Gasteiger partial charge in [-0.05, 0) is 24.3 Å². The molecule has 11 heteroatoms. The highest BCUT2D eigenvalue weighted by atomic mass is 35.5. The molecule has 1 aromatic carbocycles. The summed E-state index contributed by atoms with van der Waals surface area (Å²) >= 11 is 12.6. The molecule has 3 N–H and O–H groups in total. The lowest BCUT2D eigenvalue weighted by molar-refractivity contribution is 0.0697. The van der Waals surface area contributed by atoms with Crippen LogP contribution in [0, 0.1) is 0 Å². The molecule has 0 fully saturated rings. The van der Waals surface area contributed by atoms with Crippen molar-refractivity contribution < 1.29 is 14.6 Å². The van der Waals surface area contributed by atoms with Crippen molar-refractivity contribution in [3.05, 3.63) is 58.5 Å². The van der Waals surface area contributed by atoms with Gasteiger partial charge in [0.1, 0.15) is 18.1 Å². The summed E-state index contributed by atoms with van der Waals surface area (Å²) in [5.41, 5.74) is 7.05. The average molecular weight is 433 g/mol. The Balaban J connectivity index is 1.80. The van der Waals surface area contributed by atoms with Gasteiger partial charge in [0.25, 0.3) is 0 Å². The predicted octanol–water partition coefficient (Wildman–Crippen LogP) is 3.26. The lowest BCUT2D eigenvalue weighted by Gasteiger charge is -2.14. The number of carbonyl (C=O) groups is 1. The third kappa shape index (κ3) is 3.82. The average Bonchev–Trinajstić information content (AvgIpc) is 3.30. The Hall–Kier alpha value is -3.30. The van der Waals surface area contributed by atoms with Crippen molar-refractivity contribution in [2.24, 2.45) is 0 Å². The number of carboxylic acid groups (broad SMARTS) is 1. The summed E-state index contributed by atoms with van der Waals surface area (Å²) in [6.07, 6.45) is 4.84. The first-order valence-corrected chi connectivity index (χ1v) is 9.17. The highest BCUT2D eigenvalue weighted by molar-refractivity contribution is 6.37. The molecule has 0 amide bonds. The molecule has 0 spiro atoms. The first-order valence-electron chi connectivity index (χ1n) is 8.41. The number of aromatic nitrogens is 5. The molecule has 0 aliphatic rings. The number of benzene rings is 1. The lowest BCUT2D eigenvalue weighted by Crippen LogP contribution is -2.09. The van der Waals surface area contributed by atoms with Crippen LogP contribution in [0.3, 0.4) is 0 Å². The Kier molecular flexibility index (Phi) is 4.99. The first kappa shape index (κ1) is 19.0. The zero-order chi connectivity index (χ0) is 20.5. The van der Waals surface area contributed by atoms with E-state index in [0.717, 1.165) is 0 Å². The number of nitrogens with two attached hydrogens (primary N) is 1. The maximum absolute atomic E-state index is 11.4. The number of rotatable bonds is 6. The molecule has 0 bridgehead atoms. The molecule has 148 valence electrons. The van der Waals surface area contributed by atoms with Crippen LogP contribution in [-0.4, -0.2) is 42.1 Å². The van der Waals surface area contributed by atoms with Crippen LogP contribution in [0.15, 0.2) is 42.9 Å². The Morgan fingerprint density at radius 1 is 1.28 bits per heavy atom. The highest BCUT2D eigenvalue weighted by Gasteiger charge is 2.20. The SMILES string of the molecule is Nc1nc(-c2c(Cl)cc(Cl)cc2OCCn2cccn2)c2cc(C(=O)O)cn2n1. The van der Waals surface area contributed by atoms with Crippen LogP contribution in [0.5, 0.6) is 5.75 Å². The van der Waals surface area contributed by atoms with Gasteiger partial charge in [-0.1, -0.05) is 23.2 Å². The third-order valence-electron chi connectivity index (χ3n) is 4.12. The highest BCUT2D eigenvalue weighted by Crippen LogP contribution is 2.40. The van der Waals surface area contributed by atoms with Gasteiger partial charge in [-0.25, -0.2) is 14.3 Å². The third-order valence-corrected chi connectivity index (χ3v) is 4.64. The van der Waals surface area contributed by atoms with Crippen LogP contribution in [-0.2, 0) is 6.54 Å². The fraction of sp³-hybridized carbons (Fsp3) is 0.111. The van der Waals surface area contributed by atoms with Crippen LogP contribution in [0.25, 0.3) is 16.8 Å². The van der Waals surface area contributed by atoms with Crippen molar-refractivity contribution in [2.75, 3.05) is 12.3 Å². The molecule has 4 aromatic rings. The molecule has 0 atom stereocenters. The zero-order valence-corrected chi connectivity index (χ0v) is 16.3. The van der Waals surface area contributed by atoms with E-state index in [1.807, 2.05) is 12.3 Å². The van der Waals surface area contributed by atoms with Crippen molar-refractivity contribution >= 4 is 40.6 Å². The van der Waals surface area contributed by atoms with Gasteiger partial charge in [-0.15, -0.1) is 5.10 Å². The Morgan fingerprint density at radius 2 is 2.10 bits per heavy atom. The number of hydrogen-bond donors (Lipinski definition) is 2. The summed E-state index contributed by atoms with van der Waals surface area (Å²) in [7, 11) is 0. The molecule has 0 saturated heterocycles. The fourth-order valence-corrected chi connectivity index (χ4v) is 3.46. The number of nitrogens with zero attached hydrogens (tertiary/aromatic N) is 5. The summed E-state index contributed by atoms with van der Waals surface area (Å²) in [5.74, 6) is -0.765. The molecule has 9 nitrogen and oxygen atoms in total. The number of anilines is 1. The quantitative estimate of drug-likeness (QED) is 0.479. The number of aromatic carboxylic acids is 1. The molecule has 3 aromatic heterocycles. The Morgan fingerprint density at radius 3 is 2.83 bits per heavy atom. The molecule has 0 unspecified atom stereocenters. The van der Waals surface area contributed by atoms with E-state index in [4.69, 9.17) is 33.7 Å². The van der Waals surface area contributed by atoms with E-state index in [9.17, 15) is 9.90 Å². The van der Waals surface area contributed by atoms with Gasteiger partial charge in [0.2, 0.25) is 5.95 Å². The summed E-state index contributed by atoms with van der Waals surface area (Å²) in [6.45, 7) is 0.801. The maximum atomic E-state index is 11.4. The minimum absolute atomic E-state index is 0.0392. The van der Waals surface area contributed by atoms with Gasteiger partial charge >= 0.3 is 5.97 Å². The van der Waals surface area contributed by atoms with Crippen molar-refractivity contribution in [1.29, 1.82) is 0 Å². The summed E-state index contributed by atoms with van der Waals surface area (Å²) in [4.78, 5) is 15.6. The summed E-state index contributed by atoms with van der Waals surface area (Å²) < 4.78 is 8.98. The second kappa shape index (κ2) is 7.61. The van der Waals surface area contributed by atoms with E-state index < -0.39 is 5.97 Å². The largest absolute Gasteiger partial charge is 0.491 e. The second-order valence-electron chi connectivity index (χ2n) is 6.06. The van der Waals surface area contributed by atoms with Crippen LogP contribution in [0.4, 0.5) is 5.95 Å². The van der Waals surface area contributed by atoms with Gasteiger partial charge in [0.05, 0.1) is 28.2 Å². The topological polar surface area (TPSA) is 121 Å². The fourth-order valence-electron chi connectivity index (χ4n) is 2.89. The van der Waals surface area contributed by atoms with E-state index in [1.165, 1.54) is 16.8 Å². The van der Waals surface area contributed by atoms with Crippen molar-refractivity contribution in [3.63, 3.8) is 0 Å². The second-order valence-corrected chi connectivity index (χ2v) is 6.90. The minimum atomic E-state index is -1.10. The van der Waals surface area contributed by atoms with Crippen molar-refractivity contribution in [3.8, 4) is 17.0 Å². The Bertz CT molecular complexity index is 1210. The molecule has 0 aliphatic carbocycles. The van der Waals surface area contributed by atoms with Crippen molar-refractivity contribution in [2.45, 2.75) is 6.54 Å². The smallest absolute Gasteiger partial charge is 0.337 e. The summed E-state index contributed by atoms with van der Waals surface area (Å²) in [5, 5.41) is 18.1. The molecule has 0 aliphatic heterocycles. The number of fused-ring (bicyclic) bond motifs is 1. The van der Waals surface area contributed by atoms with Gasteiger partial charge in [0.15, 0.2) is 0 Å². The van der Waals surface area contributed by atoms with Crippen LogP contribution < -0.4 is 10.5 Å². The predicted molar refractivity (Wildman–Crippen MR) is 108 cm³/mol. The number of carboxylic acids is 1.